The van der Waals surface area contributed by atoms with E-state index >= 15 is 0 Å². The van der Waals surface area contributed by atoms with Gasteiger partial charge >= 0.3 is 18.0 Å². The van der Waals surface area contributed by atoms with E-state index in [-0.39, 0.29) is 17.3 Å². The number of nitro groups is 1. The second kappa shape index (κ2) is 7.76. The van der Waals surface area contributed by atoms with Gasteiger partial charge in [-0.25, -0.2) is 4.79 Å². The lowest BCUT2D eigenvalue weighted by Crippen LogP contribution is -2.27. The van der Waals surface area contributed by atoms with Gasteiger partial charge in [0.2, 0.25) is 0 Å². The number of nitro benzene ring substituents is 1. The van der Waals surface area contributed by atoms with Crippen LogP contribution in [0.4, 0.5) is 32.0 Å². The number of aromatic nitrogens is 4. The summed E-state index contributed by atoms with van der Waals surface area (Å²) >= 11 is 0. The Balaban J connectivity index is 2.09. The summed E-state index contributed by atoms with van der Waals surface area (Å²) in [5, 5.41) is 17.9. The fourth-order valence-electron chi connectivity index (χ4n) is 3.01. The van der Waals surface area contributed by atoms with Gasteiger partial charge in [-0.05, 0) is 54.1 Å². The van der Waals surface area contributed by atoms with E-state index in [1.807, 2.05) is 0 Å². The molecule has 0 N–H and O–H groups in total. The number of rotatable bonds is 4. The van der Waals surface area contributed by atoms with Crippen molar-refractivity contribution in [3.8, 4) is 5.69 Å². The van der Waals surface area contributed by atoms with Crippen LogP contribution in [0.15, 0.2) is 41.2 Å². The van der Waals surface area contributed by atoms with Crippen molar-refractivity contribution in [2.75, 3.05) is 0 Å². The lowest BCUT2D eigenvalue weighted by atomic mass is 10.0. The molecule has 0 fully saturated rings. The van der Waals surface area contributed by atoms with Gasteiger partial charge in [0.15, 0.2) is 0 Å². The molecule has 0 aliphatic heterocycles. The summed E-state index contributed by atoms with van der Waals surface area (Å²) in [6, 6.07) is 3.75. The monoisotopic (exact) mass is 461 g/mol. The summed E-state index contributed by atoms with van der Waals surface area (Å²) < 4.78 is 79.6. The highest BCUT2D eigenvalue weighted by molar-refractivity contribution is 5.43. The molecule has 3 rings (SSSR count). The van der Waals surface area contributed by atoms with Crippen molar-refractivity contribution in [3.63, 3.8) is 0 Å². The van der Waals surface area contributed by atoms with Gasteiger partial charge in [-0.2, -0.15) is 35.7 Å². The van der Waals surface area contributed by atoms with Gasteiger partial charge in [0.05, 0.1) is 27.8 Å². The predicted octanol–water partition coefficient (Wildman–Crippen LogP) is 4.29. The molecule has 0 saturated carbocycles. The first kappa shape index (κ1) is 23.0. The minimum absolute atomic E-state index is 0.0682. The molecule has 1 atom stereocenters. The maximum atomic E-state index is 13.1. The minimum atomic E-state index is -5.10. The molecule has 170 valence electrons. The van der Waals surface area contributed by atoms with Crippen molar-refractivity contribution in [2.24, 2.45) is 0 Å². The third-order valence-corrected chi connectivity index (χ3v) is 4.69. The molecule has 3 aromatic rings. The summed E-state index contributed by atoms with van der Waals surface area (Å²) in [7, 11) is 0. The average molecular weight is 461 g/mol. The number of hydrogen-bond donors (Lipinski definition) is 0. The first-order chi connectivity index (χ1) is 14.7. The quantitative estimate of drug-likeness (QED) is 0.328. The fourth-order valence-corrected chi connectivity index (χ4v) is 3.01. The van der Waals surface area contributed by atoms with E-state index in [4.69, 9.17) is 0 Å². The standard InChI is InChI=1S/C18H13F6N5O3/c1-9-5-11(3-4-15(9)29(31)32)10(2)27-16(30)28(26-25-27)14-7-12(17(19,20)21)6-13(8-14)18(22,23)24/h3-8,10H,1-2H3. The molecule has 1 heterocycles. The van der Waals surface area contributed by atoms with E-state index < -0.39 is 45.8 Å². The van der Waals surface area contributed by atoms with Gasteiger partial charge in [0, 0.05) is 11.6 Å². The number of halogens is 6. The Bertz CT molecular complexity index is 1210. The Morgan fingerprint density at radius 3 is 2.00 bits per heavy atom. The van der Waals surface area contributed by atoms with Crippen LogP contribution in [0.25, 0.3) is 5.69 Å². The highest BCUT2D eigenvalue weighted by Gasteiger charge is 2.37. The van der Waals surface area contributed by atoms with E-state index in [9.17, 15) is 41.3 Å². The third-order valence-electron chi connectivity index (χ3n) is 4.69. The largest absolute Gasteiger partial charge is 0.416 e. The molecule has 0 bridgehead atoms. The number of benzene rings is 2. The van der Waals surface area contributed by atoms with Gasteiger partial charge in [0.1, 0.15) is 0 Å². The molecule has 0 radical (unpaired) electrons. The molecule has 2 aromatic carbocycles. The third kappa shape index (κ3) is 4.33. The molecule has 0 aliphatic rings. The highest BCUT2D eigenvalue weighted by Crippen LogP contribution is 2.36. The van der Waals surface area contributed by atoms with E-state index in [0.29, 0.717) is 22.4 Å². The highest BCUT2D eigenvalue weighted by atomic mass is 19.4. The molecular weight excluding hydrogens is 448 g/mol. The van der Waals surface area contributed by atoms with Crippen LogP contribution in [0, 0.1) is 17.0 Å². The second-order valence-corrected chi connectivity index (χ2v) is 6.86. The second-order valence-electron chi connectivity index (χ2n) is 6.86. The average Bonchev–Trinajstić information content (AvgIpc) is 3.06. The predicted molar refractivity (Wildman–Crippen MR) is 97.3 cm³/mol. The van der Waals surface area contributed by atoms with Crippen LogP contribution in [0.2, 0.25) is 0 Å². The molecule has 8 nitrogen and oxygen atoms in total. The number of alkyl halides is 6. The zero-order chi connectivity index (χ0) is 24.0. The molecule has 0 saturated heterocycles. The van der Waals surface area contributed by atoms with Crippen LogP contribution < -0.4 is 5.69 Å². The van der Waals surface area contributed by atoms with Gasteiger partial charge in [0.25, 0.3) is 5.69 Å². The summed E-state index contributed by atoms with van der Waals surface area (Å²) in [6.07, 6.45) is -10.2. The topological polar surface area (TPSA) is 95.8 Å². The Labute approximate surface area is 174 Å². The Kier molecular flexibility index (Phi) is 5.57. The van der Waals surface area contributed by atoms with Crippen LogP contribution >= 0.6 is 0 Å². The van der Waals surface area contributed by atoms with Crippen molar-refractivity contribution >= 4 is 5.69 Å². The summed E-state index contributed by atoms with van der Waals surface area (Å²) in [5.74, 6) is 0. The molecule has 14 heteroatoms. The Morgan fingerprint density at radius 2 is 1.53 bits per heavy atom. The van der Waals surface area contributed by atoms with Crippen LogP contribution in [0.3, 0.4) is 0 Å². The maximum absolute atomic E-state index is 13.1. The number of nitrogens with zero attached hydrogens (tertiary/aromatic N) is 5. The van der Waals surface area contributed by atoms with Crippen molar-refractivity contribution < 1.29 is 31.3 Å². The van der Waals surface area contributed by atoms with Crippen molar-refractivity contribution in [2.45, 2.75) is 32.2 Å². The fraction of sp³-hybridized carbons (Fsp3) is 0.278. The van der Waals surface area contributed by atoms with E-state index in [1.165, 1.54) is 32.0 Å². The zero-order valence-corrected chi connectivity index (χ0v) is 16.3. The molecular formula is C18H13F6N5O3. The Morgan fingerprint density at radius 1 is 0.969 bits per heavy atom. The van der Waals surface area contributed by atoms with Crippen molar-refractivity contribution in [3.05, 3.63) is 79.3 Å². The van der Waals surface area contributed by atoms with Gasteiger partial charge in [-0.3, -0.25) is 10.1 Å². The molecule has 0 amide bonds. The lowest BCUT2D eigenvalue weighted by molar-refractivity contribution is -0.385. The van der Waals surface area contributed by atoms with Gasteiger partial charge < -0.3 is 0 Å². The van der Waals surface area contributed by atoms with Crippen LogP contribution in [-0.4, -0.2) is 24.7 Å². The van der Waals surface area contributed by atoms with Crippen molar-refractivity contribution in [1.29, 1.82) is 0 Å². The molecule has 1 unspecified atom stereocenters. The van der Waals surface area contributed by atoms with E-state index in [1.54, 1.807) is 0 Å². The summed E-state index contributed by atoms with van der Waals surface area (Å²) in [5.41, 5.74) is -4.57. The van der Waals surface area contributed by atoms with Crippen LogP contribution in [0.5, 0.6) is 0 Å². The Hall–Kier alpha value is -3.71. The molecule has 1 aromatic heterocycles. The number of aryl methyl sites for hydroxylation is 1. The first-order valence-electron chi connectivity index (χ1n) is 8.79. The maximum Gasteiger partial charge on any atom is 0.416 e. The number of hydrogen-bond acceptors (Lipinski definition) is 5. The SMILES string of the molecule is Cc1cc(C(C)n2nnn(-c3cc(C(F)(F)F)cc(C(F)(F)F)c3)c2=O)ccc1[N+](=O)[O-]. The molecule has 0 spiro atoms. The minimum Gasteiger partial charge on any atom is -0.258 e. The van der Waals surface area contributed by atoms with E-state index in [0.717, 1.165) is 4.68 Å². The summed E-state index contributed by atoms with van der Waals surface area (Å²) in [6.45, 7) is 2.93. The van der Waals surface area contributed by atoms with Crippen LogP contribution in [-0.2, 0) is 12.4 Å². The lowest BCUT2D eigenvalue weighted by Gasteiger charge is -2.13. The number of tetrazole rings is 1. The van der Waals surface area contributed by atoms with E-state index in [2.05, 4.69) is 10.4 Å². The molecule has 32 heavy (non-hydrogen) atoms. The smallest absolute Gasteiger partial charge is 0.258 e. The van der Waals surface area contributed by atoms with Gasteiger partial charge in [-0.1, -0.05) is 6.07 Å². The summed E-state index contributed by atoms with van der Waals surface area (Å²) in [4.78, 5) is 23.0. The van der Waals surface area contributed by atoms with Crippen LogP contribution in [0.1, 0.15) is 35.2 Å². The normalized spacial score (nSPS) is 13.2. The van der Waals surface area contributed by atoms with Crippen molar-refractivity contribution in [1.82, 2.24) is 19.8 Å². The van der Waals surface area contributed by atoms with Gasteiger partial charge in [-0.15, -0.1) is 0 Å². The first-order valence-corrected chi connectivity index (χ1v) is 8.79. The zero-order valence-electron chi connectivity index (χ0n) is 16.3. The molecule has 0 aliphatic carbocycles.